The van der Waals surface area contributed by atoms with E-state index in [0.717, 1.165) is 12.8 Å². The Labute approximate surface area is 95.9 Å². The largest absolute Gasteiger partial charge is 0.454 e. The van der Waals surface area contributed by atoms with E-state index in [1.807, 2.05) is 0 Å². The smallest absolute Gasteiger partial charge is 0.375 e. The number of carbonyl (C=O) groups is 2. The first-order valence-corrected chi connectivity index (χ1v) is 5.82. The number of allylic oxidation sites excluding steroid dienone is 2. The maximum Gasteiger partial charge on any atom is 0.375 e. The number of Topliss-reactive ketones (excluding diaryl/α,β-unsaturated/α-hetero) is 1. The Hall–Kier alpha value is -1.12. The van der Waals surface area contributed by atoms with Gasteiger partial charge >= 0.3 is 5.97 Å². The quantitative estimate of drug-likeness (QED) is 0.408. The molecule has 2 rings (SSSR count). The molecule has 88 valence electrons. The summed E-state index contributed by atoms with van der Waals surface area (Å²) in [4.78, 5) is 23.5. The Kier molecular flexibility index (Phi) is 2.64. The molecule has 0 radical (unpaired) electrons. The van der Waals surface area contributed by atoms with Crippen molar-refractivity contribution in [3.63, 3.8) is 0 Å². The molecule has 1 saturated carbocycles. The number of rotatable bonds is 2. The van der Waals surface area contributed by atoms with Crippen LogP contribution in [0.1, 0.15) is 33.6 Å². The summed E-state index contributed by atoms with van der Waals surface area (Å²) in [7, 11) is 0. The molecular weight excluding hydrogens is 204 g/mol. The van der Waals surface area contributed by atoms with Crippen molar-refractivity contribution in [1.82, 2.24) is 0 Å². The Balaban J connectivity index is 1.98. The first kappa shape index (κ1) is 11.4. The number of hydrogen-bond acceptors (Lipinski definition) is 3. The van der Waals surface area contributed by atoms with E-state index in [-0.39, 0.29) is 17.6 Å². The number of esters is 1. The monoisotopic (exact) mass is 222 g/mol. The lowest BCUT2D eigenvalue weighted by Gasteiger charge is -2.21. The Morgan fingerprint density at radius 2 is 1.88 bits per heavy atom. The minimum absolute atomic E-state index is 0.134. The Morgan fingerprint density at radius 3 is 2.31 bits per heavy atom. The van der Waals surface area contributed by atoms with E-state index in [1.165, 1.54) is 0 Å². The summed E-state index contributed by atoms with van der Waals surface area (Å²) in [6, 6.07) is 0. The second-order valence-corrected chi connectivity index (χ2v) is 5.75. The van der Waals surface area contributed by atoms with Crippen molar-refractivity contribution in [3.8, 4) is 0 Å². The Morgan fingerprint density at radius 1 is 1.19 bits per heavy atom. The highest BCUT2D eigenvalue weighted by Gasteiger charge is 2.43. The number of fused-ring (bicyclic) bond motifs is 2. The maximum absolute atomic E-state index is 11.9. The second-order valence-electron chi connectivity index (χ2n) is 5.75. The van der Waals surface area contributed by atoms with Gasteiger partial charge < -0.3 is 4.74 Å². The normalized spacial score (nSPS) is 31.8. The van der Waals surface area contributed by atoms with Gasteiger partial charge in [-0.2, -0.15) is 0 Å². The number of ether oxygens (including phenoxy) is 1. The summed E-state index contributed by atoms with van der Waals surface area (Å²) in [5.41, 5.74) is -0.583. The molecule has 2 aliphatic rings. The summed E-state index contributed by atoms with van der Waals surface area (Å²) in [5, 5.41) is 0. The molecule has 0 aliphatic heterocycles. The first-order chi connectivity index (χ1) is 7.37. The predicted molar refractivity (Wildman–Crippen MR) is 59.7 cm³/mol. The van der Waals surface area contributed by atoms with Gasteiger partial charge in [-0.15, -0.1) is 0 Å². The molecule has 0 spiro atoms. The van der Waals surface area contributed by atoms with Crippen molar-refractivity contribution >= 4 is 11.8 Å². The van der Waals surface area contributed by atoms with Gasteiger partial charge in [-0.25, -0.2) is 4.79 Å². The molecule has 0 aromatic carbocycles. The van der Waals surface area contributed by atoms with Gasteiger partial charge in [0.2, 0.25) is 5.78 Å². The van der Waals surface area contributed by atoms with Crippen LogP contribution in [0, 0.1) is 17.8 Å². The van der Waals surface area contributed by atoms with Crippen molar-refractivity contribution in [3.05, 3.63) is 12.2 Å². The summed E-state index contributed by atoms with van der Waals surface area (Å²) >= 11 is 0. The molecule has 0 aromatic rings. The maximum atomic E-state index is 11.9. The predicted octanol–water partition coefficient (Wildman–Crippen LogP) is 2.11. The molecule has 2 aliphatic carbocycles. The SMILES string of the molecule is CC(C)(C)OC(=O)C(=O)C1CC2C=CC1C2. The average molecular weight is 222 g/mol. The highest BCUT2D eigenvalue weighted by molar-refractivity contribution is 6.34. The van der Waals surface area contributed by atoms with Crippen molar-refractivity contribution < 1.29 is 14.3 Å². The first-order valence-electron chi connectivity index (χ1n) is 5.82. The fraction of sp³-hybridized carbons (Fsp3) is 0.692. The van der Waals surface area contributed by atoms with E-state index >= 15 is 0 Å². The molecule has 0 aromatic heterocycles. The molecule has 3 atom stereocenters. The van der Waals surface area contributed by atoms with Gasteiger partial charge in [-0.1, -0.05) is 12.2 Å². The van der Waals surface area contributed by atoms with Gasteiger partial charge in [-0.05, 0) is 45.4 Å². The van der Waals surface area contributed by atoms with E-state index in [4.69, 9.17) is 4.74 Å². The van der Waals surface area contributed by atoms with Gasteiger partial charge in [0.15, 0.2) is 0 Å². The van der Waals surface area contributed by atoms with Crippen LogP contribution in [0.5, 0.6) is 0 Å². The van der Waals surface area contributed by atoms with Gasteiger partial charge in [0.25, 0.3) is 0 Å². The van der Waals surface area contributed by atoms with Crippen LogP contribution in [-0.2, 0) is 14.3 Å². The van der Waals surface area contributed by atoms with Crippen molar-refractivity contribution in [2.45, 2.75) is 39.2 Å². The molecule has 16 heavy (non-hydrogen) atoms. The van der Waals surface area contributed by atoms with Crippen LogP contribution in [-0.4, -0.2) is 17.4 Å². The molecular formula is C13H18O3. The highest BCUT2D eigenvalue weighted by Crippen LogP contribution is 2.43. The van der Waals surface area contributed by atoms with Gasteiger partial charge in [-0.3, -0.25) is 4.79 Å². The van der Waals surface area contributed by atoms with Gasteiger partial charge in [0.05, 0.1) is 0 Å². The van der Waals surface area contributed by atoms with Crippen molar-refractivity contribution in [2.24, 2.45) is 17.8 Å². The molecule has 0 saturated heterocycles. The fourth-order valence-corrected chi connectivity index (χ4v) is 2.56. The van der Waals surface area contributed by atoms with E-state index in [9.17, 15) is 9.59 Å². The second kappa shape index (κ2) is 3.72. The molecule has 1 fully saturated rings. The van der Waals surface area contributed by atoms with Crippen molar-refractivity contribution in [2.75, 3.05) is 0 Å². The zero-order chi connectivity index (χ0) is 11.9. The summed E-state index contributed by atoms with van der Waals surface area (Å²) in [6.07, 6.45) is 6.07. The topological polar surface area (TPSA) is 43.4 Å². The van der Waals surface area contributed by atoms with Crippen LogP contribution >= 0.6 is 0 Å². The summed E-state index contributed by atoms with van der Waals surface area (Å²) in [6.45, 7) is 5.33. The average Bonchev–Trinajstić information content (AvgIpc) is 2.74. The van der Waals surface area contributed by atoms with E-state index < -0.39 is 11.6 Å². The Bertz CT molecular complexity index is 349. The molecule has 0 amide bonds. The molecule has 0 N–H and O–H groups in total. The standard InChI is InChI=1S/C13H18O3/c1-13(2,3)16-12(15)11(14)10-7-8-4-5-9(10)6-8/h4-5,8-10H,6-7H2,1-3H3. The third-order valence-electron chi connectivity index (χ3n) is 3.22. The van der Waals surface area contributed by atoms with Gasteiger partial charge in [0.1, 0.15) is 5.60 Å². The molecule has 3 heteroatoms. The lowest BCUT2D eigenvalue weighted by atomic mass is 9.89. The van der Waals surface area contributed by atoms with Crippen LogP contribution in [0.4, 0.5) is 0 Å². The van der Waals surface area contributed by atoms with E-state index in [0.29, 0.717) is 5.92 Å². The zero-order valence-electron chi connectivity index (χ0n) is 10.0. The zero-order valence-corrected chi connectivity index (χ0v) is 10.0. The van der Waals surface area contributed by atoms with Crippen LogP contribution in [0.15, 0.2) is 12.2 Å². The number of carbonyl (C=O) groups excluding carboxylic acids is 2. The summed E-state index contributed by atoms with van der Waals surface area (Å²) < 4.78 is 5.11. The lowest BCUT2D eigenvalue weighted by Crippen LogP contribution is -2.34. The third kappa shape index (κ3) is 2.18. The van der Waals surface area contributed by atoms with Crippen LogP contribution in [0.25, 0.3) is 0 Å². The van der Waals surface area contributed by atoms with Crippen molar-refractivity contribution in [1.29, 1.82) is 0 Å². The van der Waals surface area contributed by atoms with E-state index in [2.05, 4.69) is 12.2 Å². The minimum atomic E-state index is -0.668. The molecule has 3 nitrogen and oxygen atoms in total. The lowest BCUT2D eigenvalue weighted by molar-refractivity contribution is -0.164. The van der Waals surface area contributed by atoms with Gasteiger partial charge in [0, 0.05) is 5.92 Å². The van der Waals surface area contributed by atoms with E-state index in [1.54, 1.807) is 20.8 Å². The fourth-order valence-electron chi connectivity index (χ4n) is 2.56. The molecule has 0 heterocycles. The minimum Gasteiger partial charge on any atom is -0.454 e. The van der Waals surface area contributed by atoms with Crippen LogP contribution in [0.3, 0.4) is 0 Å². The highest BCUT2D eigenvalue weighted by atomic mass is 16.6. The number of hydrogen-bond donors (Lipinski definition) is 0. The third-order valence-corrected chi connectivity index (χ3v) is 3.22. The summed E-state index contributed by atoms with van der Waals surface area (Å²) in [5.74, 6) is -0.374. The van der Waals surface area contributed by atoms with Crippen LogP contribution in [0.2, 0.25) is 0 Å². The molecule has 3 unspecified atom stereocenters. The molecule has 2 bridgehead atoms. The number of ketones is 1. The van der Waals surface area contributed by atoms with Crippen LogP contribution < -0.4 is 0 Å².